The molecule has 0 bridgehead atoms. The second-order valence-corrected chi connectivity index (χ2v) is 5.58. The maximum absolute atomic E-state index is 10.5. The second kappa shape index (κ2) is 6.50. The third kappa shape index (κ3) is 3.93. The predicted molar refractivity (Wildman–Crippen MR) is 70.8 cm³/mol. The Bertz CT molecular complexity index is 277. The summed E-state index contributed by atoms with van der Waals surface area (Å²) in [6, 6.07) is 0.713. The third-order valence-electron chi connectivity index (χ3n) is 4.16. The molecule has 5 nitrogen and oxygen atoms in total. The molecule has 5 heteroatoms. The van der Waals surface area contributed by atoms with E-state index in [9.17, 15) is 4.79 Å². The SMILES string of the molecule is CN1CCCC(N2CCN(CCC(=O)O)CC2)C1. The van der Waals surface area contributed by atoms with Gasteiger partial charge >= 0.3 is 5.97 Å². The Balaban J connectivity index is 1.71. The first-order chi connectivity index (χ1) is 8.65. The van der Waals surface area contributed by atoms with Gasteiger partial charge in [-0.2, -0.15) is 0 Å². The molecule has 0 aromatic carbocycles. The van der Waals surface area contributed by atoms with Crippen molar-refractivity contribution in [2.24, 2.45) is 0 Å². The Morgan fingerprint density at radius 2 is 1.94 bits per heavy atom. The van der Waals surface area contributed by atoms with Crippen LogP contribution in [0.25, 0.3) is 0 Å². The van der Waals surface area contributed by atoms with E-state index >= 15 is 0 Å². The maximum Gasteiger partial charge on any atom is 0.304 e. The van der Waals surface area contributed by atoms with Crippen LogP contribution >= 0.6 is 0 Å². The smallest absolute Gasteiger partial charge is 0.304 e. The molecule has 2 saturated heterocycles. The number of hydrogen-bond donors (Lipinski definition) is 1. The van der Waals surface area contributed by atoms with E-state index in [4.69, 9.17) is 5.11 Å². The first-order valence-corrected chi connectivity index (χ1v) is 7.02. The molecule has 0 radical (unpaired) electrons. The molecule has 2 rings (SSSR count). The topological polar surface area (TPSA) is 47.0 Å². The van der Waals surface area contributed by atoms with E-state index in [1.807, 2.05) is 0 Å². The average Bonchev–Trinajstić information content (AvgIpc) is 2.37. The largest absolute Gasteiger partial charge is 0.481 e. The minimum atomic E-state index is -0.689. The minimum absolute atomic E-state index is 0.270. The lowest BCUT2D eigenvalue weighted by Crippen LogP contribution is -2.54. The Kier molecular flexibility index (Phi) is 4.97. The monoisotopic (exact) mass is 255 g/mol. The maximum atomic E-state index is 10.5. The van der Waals surface area contributed by atoms with Crippen LogP contribution in [0.1, 0.15) is 19.3 Å². The summed E-state index contributed by atoms with van der Waals surface area (Å²) >= 11 is 0. The van der Waals surface area contributed by atoms with Gasteiger partial charge in [0, 0.05) is 45.3 Å². The molecular weight excluding hydrogens is 230 g/mol. The van der Waals surface area contributed by atoms with Crippen molar-refractivity contribution in [3.8, 4) is 0 Å². The number of likely N-dealkylation sites (N-methyl/N-ethyl adjacent to an activating group) is 1. The minimum Gasteiger partial charge on any atom is -0.481 e. The quantitative estimate of drug-likeness (QED) is 0.776. The summed E-state index contributed by atoms with van der Waals surface area (Å²) in [6.07, 6.45) is 2.89. The van der Waals surface area contributed by atoms with Crippen molar-refractivity contribution < 1.29 is 9.90 Å². The Labute approximate surface area is 109 Å². The van der Waals surface area contributed by atoms with Gasteiger partial charge in [-0.05, 0) is 26.4 Å². The van der Waals surface area contributed by atoms with Gasteiger partial charge in [0.15, 0.2) is 0 Å². The van der Waals surface area contributed by atoms with Crippen molar-refractivity contribution in [2.75, 3.05) is 52.9 Å². The first-order valence-electron chi connectivity index (χ1n) is 7.02. The summed E-state index contributed by atoms with van der Waals surface area (Å²) in [6.45, 7) is 7.36. The molecular formula is C13H25N3O2. The fraction of sp³-hybridized carbons (Fsp3) is 0.923. The number of carboxylic acid groups (broad SMARTS) is 1. The molecule has 0 saturated carbocycles. The van der Waals surface area contributed by atoms with Gasteiger partial charge in [-0.1, -0.05) is 0 Å². The van der Waals surface area contributed by atoms with Crippen LogP contribution in [-0.2, 0) is 4.79 Å². The molecule has 2 aliphatic rings. The van der Waals surface area contributed by atoms with E-state index in [0.29, 0.717) is 12.6 Å². The standard InChI is InChI=1S/C13H25N3O2/c1-14-5-2-3-12(11-14)16-9-7-15(8-10-16)6-4-13(17)18/h12H,2-11H2,1H3,(H,17,18). The Hall–Kier alpha value is -0.650. The van der Waals surface area contributed by atoms with E-state index in [0.717, 1.165) is 26.2 Å². The van der Waals surface area contributed by atoms with Gasteiger partial charge in [0.2, 0.25) is 0 Å². The van der Waals surface area contributed by atoms with Crippen molar-refractivity contribution in [2.45, 2.75) is 25.3 Å². The van der Waals surface area contributed by atoms with Gasteiger partial charge in [0.1, 0.15) is 0 Å². The van der Waals surface area contributed by atoms with E-state index in [-0.39, 0.29) is 6.42 Å². The number of piperidine rings is 1. The van der Waals surface area contributed by atoms with Crippen LogP contribution in [0.5, 0.6) is 0 Å². The van der Waals surface area contributed by atoms with E-state index < -0.39 is 5.97 Å². The normalized spacial score (nSPS) is 28.4. The van der Waals surface area contributed by atoms with Crippen LogP contribution in [0.3, 0.4) is 0 Å². The molecule has 1 atom stereocenters. The highest BCUT2D eigenvalue weighted by Gasteiger charge is 2.26. The highest BCUT2D eigenvalue weighted by Crippen LogP contribution is 2.16. The van der Waals surface area contributed by atoms with Crippen LogP contribution in [0.15, 0.2) is 0 Å². The summed E-state index contributed by atoms with van der Waals surface area (Å²) in [4.78, 5) is 17.8. The Morgan fingerprint density at radius 1 is 1.22 bits per heavy atom. The lowest BCUT2D eigenvalue weighted by Gasteiger charge is -2.42. The number of nitrogens with zero attached hydrogens (tertiary/aromatic N) is 3. The van der Waals surface area contributed by atoms with Crippen LogP contribution in [-0.4, -0.2) is 84.7 Å². The zero-order valence-corrected chi connectivity index (χ0v) is 11.3. The van der Waals surface area contributed by atoms with Crippen molar-refractivity contribution >= 4 is 5.97 Å². The van der Waals surface area contributed by atoms with Crippen molar-refractivity contribution in [3.63, 3.8) is 0 Å². The van der Waals surface area contributed by atoms with Crippen molar-refractivity contribution in [1.29, 1.82) is 0 Å². The average molecular weight is 255 g/mol. The van der Waals surface area contributed by atoms with Gasteiger partial charge < -0.3 is 14.9 Å². The van der Waals surface area contributed by atoms with Crippen molar-refractivity contribution in [3.05, 3.63) is 0 Å². The van der Waals surface area contributed by atoms with E-state index in [2.05, 4.69) is 21.7 Å². The molecule has 2 fully saturated rings. The molecule has 18 heavy (non-hydrogen) atoms. The van der Waals surface area contributed by atoms with E-state index in [1.165, 1.54) is 25.9 Å². The number of aliphatic carboxylic acids is 1. The summed E-state index contributed by atoms with van der Waals surface area (Å²) in [7, 11) is 2.20. The van der Waals surface area contributed by atoms with Gasteiger partial charge in [-0.3, -0.25) is 9.69 Å². The van der Waals surface area contributed by atoms with Crippen LogP contribution in [0, 0.1) is 0 Å². The molecule has 2 aliphatic heterocycles. The molecule has 0 amide bonds. The zero-order valence-electron chi connectivity index (χ0n) is 11.3. The molecule has 0 spiro atoms. The second-order valence-electron chi connectivity index (χ2n) is 5.58. The summed E-state index contributed by atoms with van der Waals surface area (Å²) < 4.78 is 0. The number of hydrogen-bond acceptors (Lipinski definition) is 4. The van der Waals surface area contributed by atoms with Crippen LogP contribution in [0.2, 0.25) is 0 Å². The number of piperazine rings is 1. The van der Waals surface area contributed by atoms with Crippen LogP contribution < -0.4 is 0 Å². The highest BCUT2D eigenvalue weighted by molar-refractivity contribution is 5.66. The number of carbonyl (C=O) groups is 1. The number of carboxylic acids is 1. The Morgan fingerprint density at radius 3 is 2.56 bits per heavy atom. The molecule has 0 aliphatic carbocycles. The lowest BCUT2D eigenvalue weighted by molar-refractivity contribution is -0.137. The molecule has 0 aromatic rings. The van der Waals surface area contributed by atoms with Gasteiger partial charge in [0.25, 0.3) is 0 Å². The van der Waals surface area contributed by atoms with Crippen LogP contribution in [0.4, 0.5) is 0 Å². The third-order valence-corrected chi connectivity index (χ3v) is 4.16. The zero-order chi connectivity index (χ0) is 13.0. The summed E-state index contributed by atoms with van der Waals surface area (Å²) in [5.41, 5.74) is 0. The van der Waals surface area contributed by atoms with Gasteiger partial charge in [-0.15, -0.1) is 0 Å². The first kappa shape index (κ1) is 13.8. The van der Waals surface area contributed by atoms with Gasteiger partial charge in [0.05, 0.1) is 6.42 Å². The molecule has 1 N–H and O–H groups in total. The predicted octanol–water partition coefficient (Wildman–Crippen LogP) is 0.173. The number of likely N-dealkylation sites (tertiary alicyclic amines) is 1. The summed E-state index contributed by atoms with van der Waals surface area (Å²) in [5, 5.41) is 8.69. The molecule has 2 heterocycles. The molecule has 0 aromatic heterocycles. The molecule has 104 valence electrons. The van der Waals surface area contributed by atoms with Gasteiger partial charge in [-0.25, -0.2) is 0 Å². The fourth-order valence-electron chi connectivity index (χ4n) is 3.04. The fourth-order valence-corrected chi connectivity index (χ4v) is 3.04. The van der Waals surface area contributed by atoms with E-state index in [1.54, 1.807) is 0 Å². The number of rotatable bonds is 4. The molecule has 1 unspecified atom stereocenters. The van der Waals surface area contributed by atoms with Crippen molar-refractivity contribution in [1.82, 2.24) is 14.7 Å². The lowest BCUT2D eigenvalue weighted by atomic mass is 10.0. The highest BCUT2D eigenvalue weighted by atomic mass is 16.4. The summed E-state index contributed by atoms with van der Waals surface area (Å²) in [5.74, 6) is -0.689.